The van der Waals surface area contributed by atoms with Crippen molar-refractivity contribution in [3.63, 3.8) is 0 Å². The molecule has 15 heavy (non-hydrogen) atoms. The lowest BCUT2D eigenvalue weighted by molar-refractivity contribution is 0.0114. The van der Waals surface area contributed by atoms with Crippen molar-refractivity contribution in [1.82, 2.24) is 4.98 Å². The van der Waals surface area contributed by atoms with Gasteiger partial charge in [-0.25, -0.2) is 13.8 Å². The van der Waals surface area contributed by atoms with Crippen LogP contribution in [0.3, 0.4) is 0 Å². The van der Waals surface area contributed by atoms with Crippen molar-refractivity contribution in [3.8, 4) is 0 Å². The van der Waals surface area contributed by atoms with Gasteiger partial charge in [0.2, 0.25) is 0 Å². The molecule has 5 heteroatoms. The van der Waals surface area contributed by atoms with Crippen LogP contribution in [0.2, 0.25) is 0 Å². The van der Waals surface area contributed by atoms with Crippen molar-refractivity contribution in [2.24, 2.45) is 5.73 Å². The summed E-state index contributed by atoms with van der Waals surface area (Å²) < 4.78 is 25.9. The van der Waals surface area contributed by atoms with E-state index < -0.39 is 12.5 Å². The Morgan fingerprint density at radius 3 is 2.47 bits per heavy atom. The van der Waals surface area contributed by atoms with Gasteiger partial charge in [-0.3, -0.25) is 0 Å². The Kier molecular flexibility index (Phi) is 3.57. The van der Waals surface area contributed by atoms with E-state index in [0.717, 1.165) is 5.82 Å². The summed E-state index contributed by atoms with van der Waals surface area (Å²) in [4.78, 5) is 5.86. The monoisotopic (exact) mass is 215 g/mol. The van der Waals surface area contributed by atoms with Crippen molar-refractivity contribution >= 4 is 5.82 Å². The topological polar surface area (TPSA) is 42.1 Å². The van der Waals surface area contributed by atoms with Crippen LogP contribution in [0.15, 0.2) is 18.3 Å². The molecule has 1 heterocycles. The molecule has 0 saturated carbocycles. The van der Waals surface area contributed by atoms with Crippen LogP contribution in [0.5, 0.6) is 0 Å². The van der Waals surface area contributed by atoms with E-state index in [1.807, 2.05) is 19.0 Å². The SMILES string of the molecule is CN(C)c1ccc(CC(F)(F)CN)cn1. The minimum atomic E-state index is -2.85. The first-order valence-corrected chi connectivity index (χ1v) is 4.65. The molecule has 0 fully saturated rings. The van der Waals surface area contributed by atoms with E-state index >= 15 is 0 Å². The van der Waals surface area contributed by atoms with Gasteiger partial charge >= 0.3 is 0 Å². The number of aromatic nitrogens is 1. The number of nitrogens with two attached hydrogens (primary N) is 1. The summed E-state index contributed by atoms with van der Waals surface area (Å²) in [7, 11) is 3.69. The standard InChI is InChI=1S/C10H15F2N3/c1-15(2)9-4-3-8(6-14-9)5-10(11,12)7-13/h3-4,6H,5,7,13H2,1-2H3. The van der Waals surface area contributed by atoms with Gasteiger partial charge in [-0.2, -0.15) is 0 Å². The largest absolute Gasteiger partial charge is 0.363 e. The third-order valence-electron chi connectivity index (χ3n) is 2.03. The fourth-order valence-corrected chi connectivity index (χ4v) is 1.16. The first-order chi connectivity index (χ1) is 6.94. The Balaban J connectivity index is 2.73. The van der Waals surface area contributed by atoms with Crippen LogP contribution in [-0.4, -0.2) is 31.5 Å². The molecule has 0 amide bonds. The number of hydrogen-bond donors (Lipinski definition) is 1. The maximum absolute atomic E-state index is 12.9. The molecule has 0 atom stereocenters. The van der Waals surface area contributed by atoms with E-state index in [4.69, 9.17) is 5.73 Å². The van der Waals surface area contributed by atoms with E-state index in [1.165, 1.54) is 6.20 Å². The Bertz CT molecular complexity index is 309. The Hall–Kier alpha value is -1.23. The van der Waals surface area contributed by atoms with Gasteiger partial charge < -0.3 is 10.6 Å². The van der Waals surface area contributed by atoms with E-state index in [2.05, 4.69) is 4.98 Å². The smallest absolute Gasteiger partial charge is 0.264 e. The lowest BCUT2D eigenvalue weighted by atomic mass is 10.1. The molecule has 1 aromatic rings. The number of pyridine rings is 1. The molecule has 0 aromatic carbocycles. The summed E-state index contributed by atoms with van der Waals surface area (Å²) in [6.07, 6.45) is 1.10. The van der Waals surface area contributed by atoms with Crippen molar-refractivity contribution in [2.45, 2.75) is 12.3 Å². The first-order valence-electron chi connectivity index (χ1n) is 4.65. The van der Waals surface area contributed by atoms with Gasteiger partial charge in [0.15, 0.2) is 0 Å². The Labute approximate surface area is 87.9 Å². The molecule has 0 radical (unpaired) electrons. The molecule has 1 rings (SSSR count). The van der Waals surface area contributed by atoms with E-state index in [-0.39, 0.29) is 6.42 Å². The number of anilines is 1. The number of halogens is 2. The molecule has 0 aliphatic carbocycles. The second-order valence-electron chi connectivity index (χ2n) is 3.66. The minimum Gasteiger partial charge on any atom is -0.363 e. The second kappa shape index (κ2) is 4.53. The maximum Gasteiger partial charge on any atom is 0.264 e. The number of hydrogen-bond acceptors (Lipinski definition) is 3. The lowest BCUT2D eigenvalue weighted by Gasteiger charge is -2.15. The fourth-order valence-electron chi connectivity index (χ4n) is 1.16. The second-order valence-corrected chi connectivity index (χ2v) is 3.66. The molecule has 1 aromatic heterocycles. The zero-order chi connectivity index (χ0) is 11.5. The van der Waals surface area contributed by atoms with Crippen molar-refractivity contribution in [2.75, 3.05) is 25.5 Å². The van der Waals surface area contributed by atoms with Crippen molar-refractivity contribution in [3.05, 3.63) is 23.9 Å². The Morgan fingerprint density at radius 2 is 2.07 bits per heavy atom. The summed E-state index contributed by atoms with van der Waals surface area (Å²) in [6, 6.07) is 3.35. The van der Waals surface area contributed by atoms with Gasteiger partial charge in [-0.15, -0.1) is 0 Å². The highest BCUT2D eigenvalue weighted by atomic mass is 19.3. The molecule has 0 spiro atoms. The van der Waals surface area contributed by atoms with Crippen LogP contribution in [0, 0.1) is 0 Å². The molecular formula is C10H15F2N3. The molecule has 84 valence electrons. The fraction of sp³-hybridized carbons (Fsp3) is 0.500. The lowest BCUT2D eigenvalue weighted by Crippen LogP contribution is -2.30. The molecule has 2 N–H and O–H groups in total. The van der Waals surface area contributed by atoms with E-state index in [0.29, 0.717) is 5.56 Å². The van der Waals surface area contributed by atoms with Crippen molar-refractivity contribution in [1.29, 1.82) is 0 Å². The molecular weight excluding hydrogens is 200 g/mol. The van der Waals surface area contributed by atoms with E-state index in [9.17, 15) is 8.78 Å². The molecule has 0 saturated heterocycles. The van der Waals surface area contributed by atoms with Crippen LogP contribution in [-0.2, 0) is 6.42 Å². The predicted molar refractivity (Wildman–Crippen MR) is 56.3 cm³/mol. The quantitative estimate of drug-likeness (QED) is 0.822. The first kappa shape index (κ1) is 11.8. The van der Waals surface area contributed by atoms with Crippen LogP contribution in [0.25, 0.3) is 0 Å². The highest BCUT2D eigenvalue weighted by molar-refractivity contribution is 5.37. The van der Waals surface area contributed by atoms with Gasteiger partial charge in [0.1, 0.15) is 5.82 Å². The molecule has 0 aliphatic rings. The number of nitrogens with zero attached hydrogens (tertiary/aromatic N) is 2. The summed E-state index contributed by atoms with van der Waals surface area (Å²) in [5.41, 5.74) is 5.45. The average molecular weight is 215 g/mol. The highest BCUT2D eigenvalue weighted by Gasteiger charge is 2.26. The summed E-state index contributed by atoms with van der Waals surface area (Å²) in [5.74, 6) is -2.10. The highest BCUT2D eigenvalue weighted by Crippen LogP contribution is 2.19. The third-order valence-corrected chi connectivity index (χ3v) is 2.03. The molecule has 0 bridgehead atoms. The molecule has 0 unspecified atom stereocenters. The van der Waals surface area contributed by atoms with Crippen LogP contribution < -0.4 is 10.6 Å². The molecule has 0 aliphatic heterocycles. The van der Waals surface area contributed by atoms with Gasteiger partial charge in [-0.05, 0) is 11.6 Å². The average Bonchev–Trinajstić information content (AvgIpc) is 2.18. The van der Waals surface area contributed by atoms with Crippen LogP contribution in [0.1, 0.15) is 5.56 Å². The summed E-state index contributed by atoms with van der Waals surface area (Å²) >= 11 is 0. The number of rotatable bonds is 4. The maximum atomic E-state index is 12.9. The predicted octanol–water partition coefficient (Wildman–Crippen LogP) is 1.28. The summed E-state index contributed by atoms with van der Waals surface area (Å²) in [6.45, 7) is -0.636. The van der Waals surface area contributed by atoms with Crippen molar-refractivity contribution < 1.29 is 8.78 Å². The minimum absolute atomic E-state index is 0.357. The zero-order valence-electron chi connectivity index (χ0n) is 8.87. The van der Waals surface area contributed by atoms with Gasteiger partial charge in [-0.1, -0.05) is 6.07 Å². The number of alkyl halides is 2. The normalized spacial score (nSPS) is 11.5. The molecule has 3 nitrogen and oxygen atoms in total. The van der Waals surface area contributed by atoms with Crippen LogP contribution in [0.4, 0.5) is 14.6 Å². The van der Waals surface area contributed by atoms with Gasteiger partial charge in [0.25, 0.3) is 5.92 Å². The third kappa shape index (κ3) is 3.43. The zero-order valence-corrected chi connectivity index (χ0v) is 8.87. The Morgan fingerprint density at radius 1 is 1.40 bits per heavy atom. The van der Waals surface area contributed by atoms with Crippen LogP contribution >= 0.6 is 0 Å². The van der Waals surface area contributed by atoms with Gasteiger partial charge in [0, 0.05) is 26.7 Å². The van der Waals surface area contributed by atoms with E-state index in [1.54, 1.807) is 12.1 Å². The van der Waals surface area contributed by atoms with Gasteiger partial charge in [0.05, 0.1) is 6.54 Å². The summed E-state index contributed by atoms with van der Waals surface area (Å²) in [5, 5.41) is 0.